The highest BCUT2D eigenvalue weighted by molar-refractivity contribution is 4.99. The molecule has 0 rings (SSSR count). The van der Waals surface area contributed by atoms with Crippen molar-refractivity contribution < 1.29 is 15.3 Å². The standard InChI is InChI=1S/C6H11NO3/c7-5-6(10,1-3-8)2-4-9/h8-10H,1-4H2. The summed E-state index contributed by atoms with van der Waals surface area (Å²) in [5, 5.41) is 34.2. The topological polar surface area (TPSA) is 84.5 Å². The maximum Gasteiger partial charge on any atom is 0.155 e. The first kappa shape index (κ1) is 9.37. The maximum absolute atomic E-state index is 9.14. The van der Waals surface area contributed by atoms with Gasteiger partial charge in [0.15, 0.2) is 5.60 Å². The van der Waals surface area contributed by atoms with Crippen LogP contribution in [0.4, 0.5) is 0 Å². The van der Waals surface area contributed by atoms with Gasteiger partial charge in [-0.15, -0.1) is 0 Å². The van der Waals surface area contributed by atoms with Crippen LogP contribution in [-0.4, -0.2) is 34.1 Å². The predicted octanol–water partition coefficient (Wildman–Crippen LogP) is -0.994. The van der Waals surface area contributed by atoms with E-state index in [4.69, 9.17) is 20.6 Å². The van der Waals surface area contributed by atoms with Crippen LogP contribution in [0, 0.1) is 11.3 Å². The van der Waals surface area contributed by atoms with E-state index in [1.807, 2.05) is 0 Å². The van der Waals surface area contributed by atoms with Crippen molar-refractivity contribution in [1.29, 1.82) is 5.26 Å². The summed E-state index contributed by atoms with van der Waals surface area (Å²) in [4.78, 5) is 0. The fourth-order valence-corrected chi connectivity index (χ4v) is 0.607. The Kier molecular flexibility index (Phi) is 3.96. The van der Waals surface area contributed by atoms with Crippen molar-refractivity contribution in [3.63, 3.8) is 0 Å². The summed E-state index contributed by atoms with van der Waals surface area (Å²) in [6, 6.07) is 1.62. The molecule has 10 heavy (non-hydrogen) atoms. The molecule has 3 N–H and O–H groups in total. The van der Waals surface area contributed by atoms with Crippen LogP contribution >= 0.6 is 0 Å². The van der Waals surface area contributed by atoms with E-state index in [-0.39, 0.29) is 26.1 Å². The van der Waals surface area contributed by atoms with Crippen molar-refractivity contribution in [3.05, 3.63) is 0 Å². The van der Waals surface area contributed by atoms with E-state index in [0.29, 0.717) is 0 Å². The highest BCUT2D eigenvalue weighted by atomic mass is 16.3. The van der Waals surface area contributed by atoms with Gasteiger partial charge in [-0.1, -0.05) is 0 Å². The zero-order valence-corrected chi connectivity index (χ0v) is 5.62. The van der Waals surface area contributed by atoms with Gasteiger partial charge in [0.2, 0.25) is 0 Å². The van der Waals surface area contributed by atoms with Gasteiger partial charge in [0.1, 0.15) is 0 Å². The maximum atomic E-state index is 9.14. The Bertz CT molecular complexity index is 123. The lowest BCUT2D eigenvalue weighted by Crippen LogP contribution is -2.28. The Morgan fingerprint density at radius 1 is 1.20 bits per heavy atom. The largest absolute Gasteiger partial charge is 0.396 e. The van der Waals surface area contributed by atoms with Crippen LogP contribution in [0.2, 0.25) is 0 Å². The van der Waals surface area contributed by atoms with Gasteiger partial charge in [-0.3, -0.25) is 0 Å². The van der Waals surface area contributed by atoms with E-state index >= 15 is 0 Å². The lowest BCUT2D eigenvalue weighted by Gasteiger charge is -2.16. The molecule has 0 bridgehead atoms. The molecule has 58 valence electrons. The quantitative estimate of drug-likeness (QED) is 0.443. The lowest BCUT2D eigenvalue weighted by molar-refractivity contribution is 0.0437. The highest BCUT2D eigenvalue weighted by Crippen LogP contribution is 2.12. The number of hydrogen-bond donors (Lipinski definition) is 3. The molecule has 4 heteroatoms. The minimum atomic E-state index is -1.55. The number of hydrogen-bond acceptors (Lipinski definition) is 4. The van der Waals surface area contributed by atoms with Gasteiger partial charge in [-0.25, -0.2) is 0 Å². The SMILES string of the molecule is N#CC(O)(CCO)CCO. The summed E-state index contributed by atoms with van der Waals surface area (Å²) in [5.41, 5.74) is -1.55. The van der Waals surface area contributed by atoms with Crippen LogP contribution in [0.25, 0.3) is 0 Å². The molecule has 0 radical (unpaired) electrons. The summed E-state index contributed by atoms with van der Waals surface area (Å²) in [6.07, 6.45) is -0.0197. The van der Waals surface area contributed by atoms with Gasteiger partial charge in [0.25, 0.3) is 0 Å². The van der Waals surface area contributed by atoms with Crippen LogP contribution in [0.5, 0.6) is 0 Å². The number of aliphatic hydroxyl groups excluding tert-OH is 2. The van der Waals surface area contributed by atoms with Crippen LogP contribution in [-0.2, 0) is 0 Å². The first-order valence-electron chi connectivity index (χ1n) is 3.04. The minimum Gasteiger partial charge on any atom is -0.396 e. The summed E-state index contributed by atoms with van der Waals surface area (Å²) >= 11 is 0. The van der Waals surface area contributed by atoms with E-state index in [1.54, 1.807) is 6.07 Å². The number of nitriles is 1. The van der Waals surface area contributed by atoms with Crippen molar-refractivity contribution in [2.24, 2.45) is 0 Å². The molecule has 0 aliphatic heterocycles. The summed E-state index contributed by atoms with van der Waals surface area (Å²) < 4.78 is 0. The molecule has 0 atom stereocenters. The van der Waals surface area contributed by atoms with Gasteiger partial charge in [0, 0.05) is 26.1 Å². The van der Waals surface area contributed by atoms with E-state index in [2.05, 4.69) is 0 Å². The lowest BCUT2D eigenvalue weighted by atomic mass is 9.99. The molecule has 0 spiro atoms. The summed E-state index contributed by atoms with van der Waals surface area (Å²) in [6.45, 7) is -0.492. The van der Waals surface area contributed by atoms with Crippen molar-refractivity contribution in [2.45, 2.75) is 18.4 Å². The van der Waals surface area contributed by atoms with Crippen LogP contribution in [0.3, 0.4) is 0 Å². The molecule has 0 amide bonds. The molecule has 0 aliphatic rings. The van der Waals surface area contributed by atoms with Crippen LogP contribution < -0.4 is 0 Å². The molecule has 0 saturated heterocycles. The Hall–Kier alpha value is -0.630. The fourth-order valence-electron chi connectivity index (χ4n) is 0.607. The molecule has 0 unspecified atom stereocenters. The average molecular weight is 145 g/mol. The van der Waals surface area contributed by atoms with Crippen molar-refractivity contribution in [1.82, 2.24) is 0 Å². The normalized spacial score (nSPS) is 11.0. The Labute approximate surface area is 59.3 Å². The number of rotatable bonds is 4. The molecule has 4 nitrogen and oxygen atoms in total. The molecule has 0 fully saturated rings. The second kappa shape index (κ2) is 4.23. The average Bonchev–Trinajstić information content (AvgIpc) is 1.89. The third kappa shape index (κ3) is 2.78. The smallest absolute Gasteiger partial charge is 0.155 e. The van der Waals surface area contributed by atoms with Gasteiger partial charge in [-0.05, 0) is 0 Å². The first-order chi connectivity index (χ1) is 4.68. The van der Waals surface area contributed by atoms with Crippen LogP contribution in [0.15, 0.2) is 0 Å². The Morgan fingerprint density at radius 3 is 1.80 bits per heavy atom. The Balaban J connectivity index is 3.85. The molecular weight excluding hydrogens is 134 g/mol. The minimum absolute atomic E-state index is 0.00986. The fraction of sp³-hybridized carbons (Fsp3) is 0.833. The second-order valence-corrected chi connectivity index (χ2v) is 2.09. The zero-order valence-electron chi connectivity index (χ0n) is 5.62. The van der Waals surface area contributed by atoms with Gasteiger partial charge < -0.3 is 15.3 Å². The predicted molar refractivity (Wildman–Crippen MR) is 34.0 cm³/mol. The van der Waals surface area contributed by atoms with Gasteiger partial charge in [-0.2, -0.15) is 5.26 Å². The monoisotopic (exact) mass is 145 g/mol. The molecule has 0 aromatic heterocycles. The third-order valence-corrected chi connectivity index (χ3v) is 1.26. The first-order valence-corrected chi connectivity index (χ1v) is 3.04. The van der Waals surface area contributed by atoms with E-state index in [1.165, 1.54) is 0 Å². The molecule has 0 aromatic rings. The van der Waals surface area contributed by atoms with E-state index in [9.17, 15) is 0 Å². The van der Waals surface area contributed by atoms with Gasteiger partial charge in [0.05, 0.1) is 6.07 Å². The third-order valence-electron chi connectivity index (χ3n) is 1.26. The number of aliphatic hydroxyl groups is 3. The van der Waals surface area contributed by atoms with Crippen molar-refractivity contribution in [2.75, 3.05) is 13.2 Å². The Morgan fingerprint density at radius 2 is 1.60 bits per heavy atom. The highest BCUT2D eigenvalue weighted by Gasteiger charge is 2.24. The summed E-state index contributed by atoms with van der Waals surface area (Å²) in [5.74, 6) is 0. The van der Waals surface area contributed by atoms with Crippen LogP contribution in [0.1, 0.15) is 12.8 Å². The zero-order chi connectivity index (χ0) is 8.04. The van der Waals surface area contributed by atoms with Crippen molar-refractivity contribution in [3.8, 4) is 6.07 Å². The van der Waals surface area contributed by atoms with E-state index < -0.39 is 5.60 Å². The molecule has 0 aromatic carbocycles. The molecule has 0 aliphatic carbocycles. The van der Waals surface area contributed by atoms with E-state index in [0.717, 1.165) is 0 Å². The van der Waals surface area contributed by atoms with Crippen molar-refractivity contribution >= 4 is 0 Å². The summed E-state index contributed by atoms with van der Waals surface area (Å²) in [7, 11) is 0. The molecule has 0 heterocycles. The number of nitrogens with zero attached hydrogens (tertiary/aromatic N) is 1. The molecule has 0 saturated carbocycles. The van der Waals surface area contributed by atoms with Gasteiger partial charge >= 0.3 is 0 Å². The molecular formula is C6H11NO3. The second-order valence-electron chi connectivity index (χ2n) is 2.09.